The van der Waals surface area contributed by atoms with Crippen LogP contribution in [0.25, 0.3) is 0 Å². The van der Waals surface area contributed by atoms with Crippen molar-refractivity contribution < 1.29 is 0 Å². The average molecular weight is 370 g/mol. The van der Waals surface area contributed by atoms with Gasteiger partial charge in [-0.2, -0.15) is 11.1 Å². The molecule has 2 rings (SSSR count). The van der Waals surface area contributed by atoms with Gasteiger partial charge >= 0.3 is 0 Å². The number of hydrogen-bond donors (Lipinski definition) is 0. The average Bonchev–Trinajstić information content (AvgIpc) is 3.08. The molecule has 3 heteroatoms. The van der Waals surface area contributed by atoms with Crippen molar-refractivity contribution >= 4 is 30.8 Å². The van der Waals surface area contributed by atoms with Gasteiger partial charge in [0.05, 0.1) is 0 Å². The molecule has 1 aliphatic carbocycles. The second kappa shape index (κ2) is 10.8. The molecule has 0 spiro atoms. The van der Waals surface area contributed by atoms with Gasteiger partial charge in [-0.3, -0.25) is 0 Å². The molecular weight excluding hydrogens is 339 g/mol. The van der Waals surface area contributed by atoms with Gasteiger partial charge in [0.15, 0.2) is 8.11 Å². The van der Waals surface area contributed by atoms with Crippen LogP contribution in [0.2, 0.25) is 16.6 Å². The predicted molar refractivity (Wildman–Crippen MR) is 106 cm³/mol. The molecule has 1 radical (unpaired) electrons. The molecule has 1 fully saturated rings. The Morgan fingerprint density at radius 1 is 1.09 bits per heavy atom. The van der Waals surface area contributed by atoms with E-state index in [1.54, 1.807) is 0 Å². The first kappa shape index (κ1) is 19.3. The number of rotatable bonds is 10. The minimum Gasteiger partial charge on any atom is -0.169 e. The summed E-state index contributed by atoms with van der Waals surface area (Å²) in [5.74, 6) is 0.567. The molecule has 0 aliphatic heterocycles. The Morgan fingerprint density at radius 3 is 2.48 bits per heavy atom. The van der Waals surface area contributed by atoms with E-state index < -0.39 is 8.11 Å². The normalized spacial score (nSPS) is 17.0. The van der Waals surface area contributed by atoms with Crippen LogP contribution in [0.1, 0.15) is 82.6 Å². The molecule has 1 aliphatic rings. The molecule has 0 nitrogen and oxygen atoms in total. The first-order chi connectivity index (χ1) is 11.2. The molecular formula is C20H31Cl2Si. The van der Waals surface area contributed by atoms with Crippen LogP contribution >= 0.6 is 22.7 Å². The van der Waals surface area contributed by atoms with Crippen LogP contribution in [0.4, 0.5) is 0 Å². The van der Waals surface area contributed by atoms with Crippen molar-refractivity contribution in [1.29, 1.82) is 0 Å². The smallest absolute Gasteiger partial charge is 0.169 e. The van der Waals surface area contributed by atoms with Crippen LogP contribution in [0.15, 0.2) is 24.3 Å². The minimum absolute atomic E-state index is 0.567. The quantitative estimate of drug-likeness (QED) is 0.223. The molecule has 0 saturated heterocycles. The third-order valence-electron chi connectivity index (χ3n) is 5.24. The predicted octanol–water partition coefficient (Wildman–Crippen LogP) is 7.96. The molecule has 23 heavy (non-hydrogen) atoms. The maximum Gasteiger partial charge on any atom is 0.169 e. The van der Waals surface area contributed by atoms with E-state index in [4.69, 9.17) is 22.7 Å². The number of unbranched alkanes of at least 4 members (excludes halogenated alkanes) is 4. The van der Waals surface area contributed by atoms with E-state index in [1.165, 1.54) is 75.8 Å². The van der Waals surface area contributed by atoms with Gasteiger partial charge in [-0.25, -0.2) is 0 Å². The first-order valence-electron chi connectivity index (χ1n) is 9.48. The van der Waals surface area contributed by atoms with Crippen molar-refractivity contribution in [1.82, 2.24) is 0 Å². The zero-order valence-electron chi connectivity index (χ0n) is 14.5. The largest absolute Gasteiger partial charge is 0.169 e. The maximum atomic E-state index is 6.91. The number of benzene rings is 1. The summed E-state index contributed by atoms with van der Waals surface area (Å²) < 4.78 is 0. The summed E-state index contributed by atoms with van der Waals surface area (Å²) in [5.41, 5.74) is 2.16. The fraction of sp³-hybridized carbons (Fsp3) is 0.700. The van der Waals surface area contributed by atoms with E-state index in [2.05, 4.69) is 19.1 Å². The van der Waals surface area contributed by atoms with Crippen molar-refractivity contribution in [3.05, 3.63) is 34.9 Å². The molecule has 1 saturated carbocycles. The van der Waals surface area contributed by atoms with E-state index in [0.29, 0.717) is 5.92 Å². The van der Waals surface area contributed by atoms with Crippen LogP contribution in [0.5, 0.6) is 0 Å². The SMILES string of the molecule is CCCCCCCC(C[Si](Cl)C1CCCC1)c1ccccc1Cl. The standard InChI is InChI=1S/C20H31Cl2Si/c1-2-3-4-5-6-11-17(19-14-9-10-15-20(19)21)16-23(22)18-12-7-8-13-18/h9-10,14-15,17-18H,2-8,11-13,16H2,1H3. The summed E-state index contributed by atoms with van der Waals surface area (Å²) in [6, 6.07) is 9.61. The van der Waals surface area contributed by atoms with Crippen molar-refractivity contribution in [2.24, 2.45) is 0 Å². The number of hydrogen-bond acceptors (Lipinski definition) is 0. The molecule has 0 heterocycles. The Labute approximate surface area is 154 Å². The van der Waals surface area contributed by atoms with E-state index in [0.717, 1.165) is 10.6 Å². The lowest BCUT2D eigenvalue weighted by molar-refractivity contribution is 0.564. The number of halogens is 2. The van der Waals surface area contributed by atoms with E-state index in [-0.39, 0.29) is 0 Å². The fourth-order valence-corrected chi connectivity index (χ4v) is 7.58. The van der Waals surface area contributed by atoms with Gasteiger partial charge in [-0.05, 0) is 35.6 Å². The highest BCUT2D eigenvalue weighted by molar-refractivity contribution is 7.07. The minimum atomic E-state index is -0.763. The highest BCUT2D eigenvalue weighted by Crippen LogP contribution is 2.41. The van der Waals surface area contributed by atoms with E-state index in [9.17, 15) is 0 Å². The van der Waals surface area contributed by atoms with Gasteiger partial charge in [0.1, 0.15) is 0 Å². The zero-order chi connectivity index (χ0) is 16.5. The monoisotopic (exact) mass is 369 g/mol. The second-order valence-electron chi connectivity index (χ2n) is 7.05. The summed E-state index contributed by atoms with van der Waals surface area (Å²) in [6.45, 7) is 2.27. The van der Waals surface area contributed by atoms with Gasteiger partial charge in [0.25, 0.3) is 0 Å². The zero-order valence-corrected chi connectivity index (χ0v) is 17.0. The molecule has 0 amide bonds. The summed E-state index contributed by atoms with van der Waals surface area (Å²) >= 11 is 13.4. The van der Waals surface area contributed by atoms with Crippen molar-refractivity contribution in [3.63, 3.8) is 0 Å². The van der Waals surface area contributed by atoms with Gasteiger partial charge in [-0.15, -0.1) is 0 Å². The second-order valence-corrected chi connectivity index (χ2v) is 11.0. The molecule has 1 aromatic carbocycles. The summed E-state index contributed by atoms with van der Waals surface area (Å²) in [5, 5.41) is 0.934. The maximum absolute atomic E-state index is 6.91. The summed E-state index contributed by atoms with van der Waals surface area (Å²) in [4.78, 5) is 0. The van der Waals surface area contributed by atoms with Crippen molar-refractivity contribution in [2.75, 3.05) is 0 Å². The van der Waals surface area contributed by atoms with Crippen LogP contribution in [-0.2, 0) is 0 Å². The van der Waals surface area contributed by atoms with Gasteiger partial charge in [0, 0.05) is 5.02 Å². The van der Waals surface area contributed by atoms with Crippen molar-refractivity contribution in [2.45, 2.75) is 88.6 Å². The molecule has 129 valence electrons. The lowest BCUT2D eigenvalue weighted by Gasteiger charge is -2.23. The Bertz CT molecular complexity index is 443. The Balaban J connectivity index is 1.94. The fourth-order valence-electron chi connectivity index (χ4n) is 3.81. The third kappa shape index (κ3) is 6.44. The van der Waals surface area contributed by atoms with Gasteiger partial charge < -0.3 is 0 Å². The highest BCUT2D eigenvalue weighted by atomic mass is 35.6. The van der Waals surface area contributed by atoms with Crippen LogP contribution < -0.4 is 0 Å². The Kier molecular flexibility index (Phi) is 9.08. The van der Waals surface area contributed by atoms with E-state index >= 15 is 0 Å². The van der Waals surface area contributed by atoms with Crippen LogP contribution in [0.3, 0.4) is 0 Å². The topological polar surface area (TPSA) is 0 Å². The first-order valence-corrected chi connectivity index (χ1v) is 12.7. The molecule has 1 atom stereocenters. The lowest BCUT2D eigenvalue weighted by Crippen LogP contribution is -2.16. The molecule has 0 bridgehead atoms. The van der Waals surface area contributed by atoms with E-state index in [1.807, 2.05) is 12.1 Å². The highest BCUT2D eigenvalue weighted by Gasteiger charge is 2.29. The molecule has 1 aromatic rings. The lowest BCUT2D eigenvalue weighted by atomic mass is 9.94. The molecule has 1 unspecified atom stereocenters. The van der Waals surface area contributed by atoms with Gasteiger partial charge in [-0.1, -0.05) is 94.5 Å². The third-order valence-corrected chi connectivity index (χ3v) is 9.32. The van der Waals surface area contributed by atoms with Crippen LogP contribution in [-0.4, -0.2) is 8.11 Å². The Hall–Kier alpha value is 0.0169. The van der Waals surface area contributed by atoms with Gasteiger partial charge in [0.2, 0.25) is 0 Å². The Morgan fingerprint density at radius 2 is 1.78 bits per heavy atom. The van der Waals surface area contributed by atoms with Crippen molar-refractivity contribution in [3.8, 4) is 0 Å². The van der Waals surface area contributed by atoms with Crippen LogP contribution in [0, 0.1) is 0 Å². The summed E-state index contributed by atoms with van der Waals surface area (Å²) in [7, 11) is -0.763. The molecule has 0 aromatic heterocycles. The molecule has 0 N–H and O–H groups in total. The summed E-state index contributed by atoms with van der Waals surface area (Å²) in [6.07, 6.45) is 13.5.